The van der Waals surface area contributed by atoms with Crippen LogP contribution in [0, 0.1) is 5.92 Å². The predicted molar refractivity (Wildman–Crippen MR) is 80.2 cm³/mol. The Kier molecular flexibility index (Phi) is 6.51. The van der Waals surface area contributed by atoms with E-state index in [0.717, 1.165) is 4.47 Å². The fraction of sp³-hybridized carbons (Fsp3) is 0.385. The van der Waals surface area contributed by atoms with Gasteiger partial charge in [0.05, 0.1) is 5.56 Å². The third kappa shape index (κ3) is 5.32. The molecule has 0 radical (unpaired) electrons. The standard InChI is InChI=1S/C13H15Br2NO3/c1-2-8(5-12(17)18)7-16-13(19)10-4-3-9(14)6-11(10)15/h3-4,6,8H,2,5,7H2,1H3,(H,16,19)(H,17,18). The van der Waals surface area contributed by atoms with Crippen molar-refractivity contribution in [3.8, 4) is 0 Å². The van der Waals surface area contributed by atoms with Crippen LogP contribution in [0.3, 0.4) is 0 Å². The van der Waals surface area contributed by atoms with E-state index in [2.05, 4.69) is 37.2 Å². The van der Waals surface area contributed by atoms with Crippen molar-refractivity contribution in [1.82, 2.24) is 5.32 Å². The number of halogens is 2. The van der Waals surface area contributed by atoms with E-state index >= 15 is 0 Å². The Morgan fingerprint density at radius 1 is 1.37 bits per heavy atom. The van der Waals surface area contributed by atoms with Gasteiger partial charge >= 0.3 is 5.97 Å². The molecule has 2 N–H and O–H groups in total. The van der Waals surface area contributed by atoms with Gasteiger partial charge in [0.2, 0.25) is 0 Å². The van der Waals surface area contributed by atoms with E-state index in [-0.39, 0.29) is 18.2 Å². The van der Waals surface area contributed by atoms with Crippen LogP contribution >= 0.6 is 31.9 Å². The highest BCUT2D eigenvalue weighted by molar-refractivity contribution is 9.11. The first kappa shape index (κ1) is 16.2. The maximum Gasteiger partial charge on any atom is 0.303 e. The highest BCUT2D eigenvalue weighted by atomic mass is 79.9. The molecule has 0 aliphatic rings. The van der Waals surface area contributed by atoms with Crippen molar-refractivity contribution in [3.63, 3.8) is 0 Å². The van der Waals surface area contributed by atoms with Gasteiger partial charge in [-0.1, -0.05) is 29.3 Å². The van der Waals surface area contributed by atoms with E-state index in [1.54, 1.807) is 18.2 Å². The zero-order valence-electron chi connectivity index (χ0n) is 10.5. The minimum Gasteiger partial charge on any atom is -0.481 e. The fourth-order valence-electron chi connectivity index (χ4n) is 1.61. The average molecular weight is 393 g/mol. The van der Waals surface area contributed by atoms with Gasteiger partial charge in [0.25, 0.3) is 5.91 Å². The van der Waals surface area contributed by atoms with E-state index in [9.17, 15) is 9.59 Å². The minimum atomic E-state index is -0.842. The Bertz CT molecular complexity index is 477. The molecule has 0 heterocycles. The summed E-state index contributed by atoms with van der Waals surface area (Å²) in [5.74, 6) is -1.09. The first-order chi connectivity index (χ1) is 8.93. The molecule has 4 nitrogen and oxygen atoms in total. The molecule has 104 valence electrons. The summed E-state index contributed by atoms with van der Waals surface area (Å²) in [6.07, 6.45) is 0.784. The number of hydrogen-bond donors (Lipinski definition) is 2. The molecule has 1 aromatic rings. The van der Waals surface area contributed by atoms with Crippen LogP contribution < -0.4 is 5.32 Å². The van der Waals surface area contributed by atoms with Crippen LogP contribution in [0.1, 0.15) is 30.1 Å². The molecule has 0 aromatic heterocycles. The second kappa shape index (κ2) is 7.65. The van der Waals surface area contributed by atoms with E-state index in [0.29, 0.717) is 23.0 Å². The lowest BCUT2D eigenvalue weighted by Crippen LogP contribution is -2.30. The number of nitrogens with one attached hydrogen (secondary N) is 1. The summed E-state index contributed by atoms with van der Waals surface area (Å²) in [4.78, 5) is 22.6. The number of benzene rings is 1. The Morgan fingerprint density at radius 2 is 2.05 bits per heavy atom. The van der Waals surface area contributed by atoms with Crippen LogP contribution in [0.15, 0.2) is 27.1 Å². The van der Waals surface area contributed by atoms with Gasteiger partial charge in [0.15, 0.2) is 0 Å². The van der Waals surface area contributed by atoms with Gasteiger partial charge < -0.3 is 10.4 Å². The second-order valence-electron chi connectivity index (χ2n) is 4.21. The van der Waals surface area contributed by atoms with Crippen LogP contribution in [0.4, 0.5) is 0 Å². The lowest BCUT2D eigenvalue weighted by molar-refractivity contribution is -0.138. The topological polar surface area (TPSA) is 66.4 Å². The number of rotatable bonds is 6. The van der Waals surface area contributed by atoms with Crippen molar-refractivity contribution in [2.75, 3.05) is 6.54 Å². The van der Waals surface area contributed by atoms with Crippen LogP contribution in [0.2, 0.25) is 0 Å². The van der Waals surface area contributed by atoms with Gasteiger partial charge in [-0.3, -0.25) is 9.59 Å². The van der Waals surface area contributed by atoms with Crippen LogP contribution in [0.25, 0.3) is 0 Å². The van der Waals surface area contributed by atoms with Crippen LogP contribution in [-0.2, 0) is 4.79 Å². The molecule has 0 aliphatic carbocycles. The SMILES string of the molecule is CCC(CNC(=O)c1ccc(Br)cc1Br)CC(=O)O. The minimum absolute atomic E-state index is 0.0457. The summed E-state index contributed by atoms with van der Waals surface area (Å²) in [7, 11) is 0. The second-order valence-corrected chi connectivity index (χ2v) is 5.98. The molecule has 19 heavy (non-hydrogen) atoms. The first-order valence-corrected chi connectivity index (χ1v) is 7.47. The third-order valence-electron chi connectivity index (χ3n) is 2.77. The number of amides is 1. The van der Waals surface area contributed by atoms with Crippen molar-refractivity contribution in [2.45, 2.75) is 19.8 Å². The van der Waals surface area contributed by atoms with Gasteiger partial charge in [-0.15, -0.1) is 0 Å². The molecule has 0 saturated carbocycles. The summed E-state index contributed by atoms with van der Waals surface area (Å²) >= 11 is 6.65. The molecular formula is C13H15Br2NO3. The van der Waals surface area contributed by atoms with Crippen molar-refractivity contribution in [1.29, 1.82) is 0 Å². The molecule has 1 amide bonds. The van der Waals surface area contributed by atoms with Crippen molar-refractivity contribution >= 4 is 43.7 Å². The molecular weight excluding hydrogens is 378 g/mol. The molecule has 1 unspecified atom stereocenters. The Hall–Kier alpha value is -0.880. The largest absolute Gasteiger partial charge is 0.481 e. The number of aliphatic carboxylic acids is 1. The molecule has 0 saturated heterocycles. The Labute approximate surface area is 128 Å². The number of carboxylic acids is 1. The molecule has 1 aromatic carbocycles. The maximum absolute atomic E-state index is 12.0. The molecule has 1 atom stereocenters. The van der Waals surface area contributed by atoms with Crippen molar-refractivity contribution in [3.05, 3.63) is 32.7 Å². The van der Waals surface area contributed by atoms with Gasteiger partial charge in [-0.2, -0.15) is 0 Å². The summed E-state index contributed by atoms with van der Waals surface area (Å²) in [6, 6.07) is 5.29. The van der Waals surface area contributed by atoms with Crippen LogP contribution in [-0.4, -0.2) is 23.5 Å². The average Bonchev–Trinajstić information content (AvgIpc) is 2.33. The summed E-state index contributed by atoms with van der Waals surface area (Å²) < 4.78 is 1.58. The maximum atomic E-state index is 12.0. The van der Waals surface area contributed by atoms with Gasteiger partial charge in [0.1, 0.15) is 0 Å². The van der Waals surface area contributed by atoms with E-state index in [1.807, 2.05) is 6.92 Å². The number of carbonyl (C=O) groups is 2. The molecule has 0 bridgehead atoms. The van der Waals surface area contributed by atoms with Crippen LogP contribution in [0.5, 0.6) is 0 Å². The van der Waals surface area contributed by atoms with E-state index < -0.39 is 5.97 Å². The molecule has 0 fully saturated rings. The van der Waals surface area contributed by atoms with Crippen molar-refractivity contribution < 1.29 is 14.7 Å². The quantitative estimate of drug-likeness (QED) is 0.779. The Balaban J connectivity index is 2.61. The lowest BCUT2D eigenvalue weighted by Gasteiger charge is -2.14. The normalized spacial score (nSPS) is 11.9. The summed E-state index contributed by atoms with van der Waals surface area (Å²) in [5.41, 5.74) is 0.536. The highest BCUT2D eigenvalue weighted by Gasteiger charge is 2.14. The summed E-state index contributed by atoms with van der Waals surface area (Å²) in [6.45, 7) is 2.28. The van der Waals surface area contributed by atoms with E-state index in [1.165, 1.54) is 0 Å². The molecule has 0 spiro atoms. The third-order valence-corrected chi connectivity index (χ3v) is 3.92. The van der Waals surface area contributed by atoms with Gasteiger partial charge in [-0.05, 0) is 40.0 Å². The zero-order valence-corrected chi connectivity index (χ0v) is 13.6. The molecule has 0 aliphatic heterocycles. The number of carbonyl (C=O) groups excluding carboxylic acids is 1. The smallest absolute Gasteiger partial charge is 0.303 e. The highest BCUT2D eigenvalue weighted by Crippen LogP contribution is 2.22. The predicted octanol–water partition coefficient (Wildman–Crippen LogP) is 3.44. The van der Waals surface area contributed by atoms with Gasteiger partial charge in [-0.25, -0.2) is 0 Å². The first-order valence-electron chi connectivity index (χ1n) is 5.89. The monoisotopic (exact) mass is 391 g/mol. The van der Waals surface area contributed by atoms with Crippen molar-refractivity contribution in [2.24, 2.45) is 5.92 Å². The molecule has 1 rings (SSSR count). The molecule has 6 heteroatoms. The number of hydrogen-bond acceptors (Lipinski definition) is 2. The van der Waals surface area contributed by atoms with E-state index in [4.69, 9.17) is 5.11 Å². The van der Waals surface area contributed by atoms with Gasteiger partial charge in [0, 0.05) is 21.9 Å². The zero-order chi connectivity index (χ0) is 14.4. The lowest BCUT2D eigenvalue weighted by atomic mass is 10.0. The summed E-state index contributed by atoms with van der Waals surface area (Å²) in [5, 5.41) is 11.5. The number of carboxylic acid groups (broad SMARTS) is 1. The fourth-order valence-corrected chi connectivity index (χ4v) is 2.84. The Morgan fingerprint density at radius 3 is 2.58 bits per heavy atom.